The number of carboxylic acid groups (broad SMARTS) is 1. The third kappa shape index (κ3) is 5.33. The Bertz CT molecular complexity index is 468. The monoisotopic (exact) mass is 265 g/mol. The van der Waals surface area contributed by atoms with Crippen LogP contribution in [0.3, 0.4) is 0 Å². The maximum atomic E-state index is 12.7. The van der Waals surface area contributed by atoms with Gasteiger partial charge in [-0.3, -0.25) is 4.79 Å². The predicted octanol–water partition coefficient (Wildman–Crippen LogP) is 2.21. The van der Waals surface area contributed by atoms with E-state index in [-0.39, 0.29) is 5.82 Å². The first-order chi connectivity index (χ1) is 9.02. The second kappa shape index (κ2) is 7.31. The summed E-state index contributed by atoms with van der Waals surface area (Å²) in [6.07, 6.45) is 3.78. The van der Waals surface area contributed by atoms with Crippen LogP contribution in [0.25, 0.3) is 6.08 Å². The molecule has 0 spiro atoms. The van der Waals surface area contributed by atoms with Gasteiger partial charge in [0.2, 0.25) is 5.91 Å². The van der Waals surface area contributed by atoms with Gasteiger partial charge >= 0.3 is 5.97 Å². The van der Waals surface area contributed by atoms with Crippen molar-refractivity contribution in [3.8, 4) is 0 Å². The van der Waals surface area contributed by atoms with E-state index in [2.05, 4.69) is 5.32 Å². The average Bonchev–Trinajstić information content (AvgIpc) is 2.37. The normalized spacial score (nSPS) is 12.3. The molecule has 0 heterocycles. The van der Waals surface area contributed by atoms with Crippen molar-refractivity contribution in [3.05, 3.63) is 41.7 Å². The molecule has 4 nitrogen and oxygen atoms in total. The van der Waals surface area contributed by atoms with Crippen molar-refractivity contribution < 1.29 is 19.1 Å². The molecule has 2 N–H and O–H groups in total. The Kier molecular flexibility index (Phi) is 5.73. The van der Waals surface area contributed by atoms with Gasteiger partial charge in [0.15, 0.2) is 0 Å². The fraction of sp³-hybridized carbons (Fsp3) is 0.286. The number of aliphatic carboxylic acids is 1. The molecular formula is C14H16FNO3. The molecule has 0 radical (unpaired) electrons. The number of rotatable bonds is 6. The molecule has 5 heteroatoms. The Balaban J connectivity index is 2.58. The minimum atomic E-state index is -1.05. The molecule has 0 saturated heterocycles. The van der Waals surface area contributed by atoms with Crippen LogP contribution in [0.5, 0.6) is 0 Å². The SMILES string of the molecule is CCC[C@@H](NC(=O)/C=C/c1ccc(F)cc1)C(=O)O. The van der Waals surface area contributed by atoms with E-state index in [9.17, 15) is 14.0 Å². The molecule has 0 aliphatic carbocycles. The number of amides is 1. The quantitative estimate of drug-likeness (QED) is 0.775. The van der Waals surface area contributed by atoms with Crippen LogP contribution >= 0.6 is 0 Å². The van der Waals surface area contributed by atoms with Crippen LogP contribution in [0.2, 0.25) is 0 Å². The maximum Gasteiger partial charge on any atom is 0.326 e. The maximum absolute atomic E-state index is 12.7. The summed E-state index contributed by atoms with van der Waals surface area (Å²) in [5.41, 5.74) is 0.666. The molecule has 0 saturated carbocycles. The molecule has 1 aromatic carbocycles. The first-order valence-corrected chi connectivity index (χ1v) is 6.00. The molecule has 102 valence electrons. The van der Waals surface area contributed by atoms with E-state index in [1.165, 1.54) is 36.4 Å². The van der Waals surface area contributed by atoms with Gasteiger partial charge in [-0.25, -0.2) is 9.18 Å². The Labute approximate surface area is 110 Å². The van der Waals surface area contributed by atoms with Gasteiger partial charge in [0.05, 0.1) is 0 Å². The van der Waals surface area contributed by atoms with Crippen molar-refractivity contribution in [2.24, 2.45) is 0 Å². The Morgan fingerprint density at radius 3 is 2.53 bits per heavy atom. The van der Waals surface area contributed by atoms with Crippen LogP contribution in [-0.2, 0) is 9.59 Å². The van der Waals surface area contributed by atoms with E-state index in [1.807, 2.05) is 6.92 Å². The summed E-state index contributed by atoms with van der Waals surface area (Å²) < 4.78 is 12.7. The van der Waals surface area contributed by atoms with Crippen LogP contribution < -0.4 is 5.32 Å². The number of benzene rings is 1. The number of carbonyl (C=O) groups is 2. The summed E-state index contributed by atoms with van der Waals surface area (Å²) in [6.45, 7) is 1.84. The van der Waals surface area contributed by atoms with E-state index in [4.69, 9.17) is 5.11 Å². The molecular weight excluding hydrogens is 249 g/mol. The molecule has 0 unspecified atom stereocenters. The zero-order valence-electron chi connectivity index (χ0n) is 10.6. The molecule has 1 aromatic rings. The average molecular weight is 265 g/mol. The van der Waals surface area contributed by atoms with E-state index in [0.717, 1.165) is 0 Å². The lowest BCUT2D eigenvalue weighted by Crippen LogP contribution is -2.39. The number of halogens is 1. The minimum Gasteiger partial charge on any atom is -0.480 e. The second-order valence-electron chi connectivity index (χ2n) is 4.07. The minimum absolute atomic E-state index is 0.351. The van der Waals surface area contributed by atoms with Gasteiger partial charge in [0.25, 0.3) is 0 Å². The van der Waals surface area contributed by atoms with Gasteiger partial charge in [-0.1, -0.05) is 25.5 Å². The van der Waals surface area contributed by atoms with Crippen molar-refractivity contribution in [1.82, 2.24) is 5.32 Å². The summed E-state index contributed by atoms with van der Waals surface area (Å²) in [6, 6.07) is 4.75. The van der Waals surface area contributed by atoms with Crippen LogP contribution in [0.1, 0.15) is 25.3 Å². The number of hydrogen-bond donors (Lipinski definition) is 2. The van der Waals surface area contributed by atoms with Crippen molar-refractivity contribution >= 4 is 18.0 Å². The van der Waals surface area contributed by atoms with Crippen LogP contribution in [0, 0.1) is 5.82 Å². The Hall–Kier alpha value is -2.17. The van der Waals surface area contributed by atoms with Crippen molar-refractivity contribution in [1.29, 1.82) is 0 Å². The Morgan fingerprint density at radius 2 is 2.00 bits per heavy atom. The largest absolute Gasteiger partial charge is 0.480 e. The van der Waals surface area contributed by atoms with Gasteiger partial charge in [-0.15, -0.1) is 0 Å². The topological polar surface area (TPSA) is 66.4 Å². The van der Waals surface area contributed by atoms with Crippen molar-refractivity contribution in [2.45, 2.75) is 25.8 Å². The lowest BCUT2D eigenvalue weighted by Gasteiger charge is -2.11. The van der Waals surface area contributed by atoms with Crippen LogP contribution in [0.15, 0.2) is 30.3 Å². The predicted molar refractivity (Wildman–Crippen MR) is 69.9 cm³/mol. The van der Waals surface area contributed by atoms with Crippen molar-refractivity contribution in [2.75, 3.05) is 0 Å². The van der Waals surface area contributed by atoms with E-state index in [1.54, 1.807) is 0 Å². The lowest BCUT2D eigenvalue weighted by atomic mass is 10.1. The summed E-state index contributed by atoms with van der Waals surface area (Å²) in [4.78, 5) is 22.4. The van der Waals surface area contributed by atoms with Gasteiger partial charge in [-0.2, -0.15) is 0 Å². The summed E-state index contributed by atoms with van der Waals surface area (Å²) in [5.74, 6) is -1.88. The molecule has 0 fully saturated rings. The fourth-order valence-electron chi connectivity index (χ4n) is 1.51. The number of carbonyl (C=O) groups excluding carboxylic acids is 1. The van der Waals surface area contributed by atoms with E-state index in [0.29, 0.717) is 18.4 Å². The molecule has 0 bridgehead atoms. The lowest BCUT2D eigenvalue weighted by molar-refractivity contribution is -0.141. The van der Waals surface area contributed by atoms with E-state index < -0.39 is 17.9 Å². The molecule has 0 aliphatic heterocycles. The first kappa shape index (κ1) is 14.9. The molecule has 0 aliphatic rings. The zero-order valence-corrected chi connectivity index (χ0v) is 10.6. The van der Waals surface area contributed by atoms with Gasteiger partial charge in [0, 0.05) is 6.08 Å². The van der Waals surface area contributed by atoms with Gasteiger partial charge < -0.3 is 10.4 Å². The second-order valence-corrected chi connectivity index (χ2v) is 4.07. The summed E-state index contributed by atoms with van der Waals surface area (Å²) >= 11 is 0. The number of carboxylic acids is 1. The number of nitrogens with one attached hydrogen (secondary N) is 1. The smallest absolute Gasteiger partial charge is 0.326 e. The van der Waals surface area contributed by atoms with E-state index >= 15 is 0 Å². The Morgan fingerprint density at radius 1 is 1.37 bits per heavy atom. The highest BCUT2D eigenvalue weighted by atomic mass is 19.1. The highest BCUT2D eigenvalue weighted by Gasteiger charge is 2.17. The molecule has 0 aromatic heterocycles. The van der Waals surface area contributed by atoms with Gasteiger partial charge in [0.1, 0.15) is 11.9 Å². The zero-order chi connectivity index (χ0) is 14.3. The number of hydrogen-bond acceptors (Lipinski definition) is 2. The van der Waals surface area contributed by atoms with Crippen molar-refractivity contribution in [3.63, 3.8) is 0 Å². The van der Waals surface area contributed by atoms with Crippen LogP contribution in [-0.4, -0.2) is 23.0 Å². The summed E-state index contributed by atoms with van der Waals surface area (Å²) in [5, 5.41) is 11.3. The molecule has 19 heavy (non-hydrogen) atoms. The molecule has 1 rings (SSSR count). The third-order valence-electron chi connectivity index (χ3n) is 2.49. The highest BCUT2D eigenvalue weighted by molar-refractivity contribution is 5.94. The molecule has 1 atom stereocenters. The highest BCUT2D eigenvalue weighted by Crippen LogP contribution is 2.04. The molecule has 1 amide bonds. The fourth-order valence-corrected chi connectivity index (χ4v) is 1.51. The standard InChI is InChI=1S/C14H16FNO3/c1-2-3-12(14(18)19)16-13(17)9-6-10-4-7-11(15)8-5-10/h4-9,12H,2-3H2,1H3,(H,16,17)(H,18,19)/b9-6+/t12-/m1/s1. The summed E-state index contributed by atoms with van der Waals surface area (Å²) in [7, 11) is 0. The van der Waals surface area contributed by atoms with Crippen LogP contribution in [0.4, 0.5) is 4.39 Å². The third-order valence-corrected chi connectivity index (χ3v) is 2.49. The first-order valence-electron chi connectivity index (χ1n) is 6.00. The van der Waals surface area contributed by atoms with Gasteiger partial charge in [-0.05, 0) is 30.2 Å².